The fourth-order valence-electron chi connectivity index (χ4n) is 2.77. The molecule has 0 bridgehead atoms. The number of carbonyl (C=O) groups excluding carboxylic acids is 2. The van der Waals surface area contributed by atoms with E-state index in [2.05, 4.69) is 11.3 Å². The van der Waals surface area contributed by atoms with Crippen molar-refractivity contribution in [3.8, 4) is 0 Å². The minimum Gasteiger partial charge on any atom is -0.469 e. The molecule has 1 rings (SSSR count). The highest BCUT2D eigenvalue weighted by Gasteiger charge is 2.35. The maximum absolute atomic E-state index is 12.5. The van der Waals surface area contributed by atoms with Gasteiger partial charge in [0.2, 0.25) is 0 Å². The third-order valence-electron chi connectivity index (χ3n) is 4.01. The van der Waals surface area contributed by atoms with E-state index in [0.717, 1.165) is 6.08 Å². The van der Waals surface area contributed by atoms with Gasteiger partial charge in [-0.2, -0.15) is 13.2 Å². The molecule has 1 saturated carbocycles. The molecule has 0 N–H and O–H groups in total. The molecule has 0 radical (unpaired) electrons. The van der Waals surface area contributed by atoms with Crippen LogP contribution in [0.2, 0.25) is 0 Å². The number of allylic oxidation sites excluding steroid dienone is 5. The van der Waals surface area contributed by atoms with Crippen LogP contribution in [-0.4, -0.2) is 25.0 Å². The van der Waals surface area contributed by atoms with Gasteiger partial charge in [-0.1, -0.05) is 24.8 Å². The Bertz CT molecular complexity index is 530. The highest BCUT2D eigenvalue weighted by atomic mass is 19.4. The van der Waals surface area contributed by atoms with Crippen molar-refractivity contribution < 1.29 is 27.5 Å². The van der Waals surface area contributed by atoms with Gasteiger partial charge < -0.3 is 4.74 Å². The smallest absolute Gasteiger partial charge is 0.415 e. The van der Waals surface area contributed by atoms with Gasteiger partial charge in [-0.25, -0.2) is 0 Å². The zero-order chi connectivity index (χ0) is 17.6. The first-order valence-corrected chi connectivity index (χ1v) is 7.40. The van der Waals surface area contributed by atoms with Gasteiger partial charge in [-0.15, -0.1) is 0 Å². The number of methoxy groups -OCH3 is 1. The van der Waals surface area contributed by atoms with Crippen LogP contribution < -0.4 is 0 Å². The van der Waals surface area contributed by atoms with Gasteiger partial charge in [0.15, 0.2) is 0 Å². The first-order valence-electron chi connectivity index (χ1n) is 7.40. The molecule has 2 atom stereocenters. The summed E-state index contributed by atoms with van der Waals surface area (Å²) in [6.45, 7) is 4.64. The van der Waals surface area contributed by atoms with Crippen LogP contribution in [0.3, 0.4) is 0 Å². The Hall–Kier alpha value is -1.85. The van der Waals surface area contributed by atoms with E-state index in [1.807, 2.05) is 0 Å². The zero-order valence-electron chi connectivity index (χ0n) is 13.3. The predicted octanol–water partition coefficient (Wildman–Crippen LogP) is 4.16. The van der Waals surface area contributed by atoms with Gasteiger partial charge in [-0.3, -0.25) is 9.59 Å². The van der Waals surface area contributed by atoms with Crippen LogP contribution in [0.25, 0.3) is 0 Å². The zero-order valence-corrected chi connectivity index (χ0v) is 13.3. The third kappa shape index (κ3) is 5.37. The normalized spacial score (nSPS) is 23.2. The van der Waals surface area contributed by atoms with Gasteiger partial charge in [0, 0.05) is 24.3 Å². The molecule has 0 aromatic rings. The summed E-state index contributed by atoms with van der Waals surface area (Å²) in [5.74, 6) is -1.31. The summed E-state index contributed by atoms with van der Waals surface area (Å²) in [6.07, 6.45) is 1.03. The fourth-order valence-corrected chi connectivity index (χ4v) is 2.77. The quantitative estimate of drug-likeness (QED) is 0.562. The second kappa shape index (κ2) is 8.13. The molecule has 0 saturated heterocycles. The summed E-state index contributed by atoms with van der Waals surface area (Å²) < 4.78 is 42.2. The molecular formula is C17H21F3O3. The Morgan fingerprint density at radius 3 is 2.57 bits per heavy atom. The second-order valence-electron chi connectivity index (χ2n) is 5.52. The Labute approximate surface area is 133 Å². The SMILES string of the molecule is C=C(/C=C\C(=C/C)[C@@H]1C(=O)CCCC1CC(=O)OC)C(F)(F)F. The first-order chi connectivity index (χ1) is 10.7. The van der Waals surface area contributed by atoms with E-state index in [1.165, 1.54) is 13.2 Å². The molecular weight excluding hydrogens is 309 g/mol. The highest BCUT2D eigenvalue weighted by Crippen LogP contribution is 2.36. The molecule has 3 nitrogen and oxygen atoms in total. The molecule has 0 aromatic heterocycles. The van der Waals surface area contributed by atoms with Crippen LogP contribution in [0.5, 0.6) is 0 Å². The standard InChI is InChI=1S/C17H21F3O3/c1-4-12(9-8-11(2)17(18,19)20)16-13(10-15(22)23-3)6-5-7-14(16)21/h4,8-9,13,16H,2,5-7,10H2,1,3H3/b9-8-,12-4+/t13?,16-/m0/s1. The lowest BCUT2D eigenvalue weighted by atomic mass is 9.72. The number of halogens is 3. The lowest BCUT2D eigenvalue weighted by molar-refractivity contribution is -0.142. The molecule has 0 spiro atoms. The fraction of sp³-hybridized carbons (Fsp3) is 0.529. The van der Waals surface area contributed by atoms with Crippen molar-refractivity contribution in [3.63, 3.8) is 0 Å². The molecule has 0 amide bonds. The summed E-state index contributed by atoms with van der Waals surface area (Å²) in [5.41, 5.74) is -0.501. The molecule has 128 valence electrons. The lowest BCUT2D eigenvalue weighted by Gasteiger charge is -2.30. The highest BCUT2D eigenvalue weighted by molar-refractivity contribution is 5.86. The maximum atomic E-state index is 12.5. The predicted molar refractivity (Wildman–Crippen MR) is 80.6 cm³/mol. The Balaban J connectivity index is 2.99. The van der Waals surface area contributed by atoms with E-state index in [9.17, 15) is 22.8 Å². The molecule has 1 fully saturated rings. The number of hydrogen-bond acceptors (Lipinski definition) is 3. The van der Waals surface area contributed by atoms with E-state index < -0.39 is 23.6 Å². The topological polar surface area (TPSA) is 43.4 Å². The summed E-state index contributed by atoms with van der Waals surface area (Å²) in [4.78, 5) is 23.8. The van der Waals surface area contributed by atoms with Crippen LogP contribution >= 0.6 is 0 Å². The number of carbonyl (C=O) groups is 2. The van der Waals surface area contributed by atoms with Crippen LogP contribution in [0.4, 0.5) is 13.2 Å². The number of alkyl halides is 3. The van der Waals surface area contributed by atoms with E-state index >= 15 is 0 Å². The van der Waals surface area contributed by atoms with Gasteiger partial charge in [-0.05, 0) is 31.3 Å². The molecule has 6 heteroatoms. The van der Waals surface area contributed by atoms with Crippen molar-refractivity contribution >= 4 is 11.8 Å². The molecule has 0 heterocycles. The summed E-state index contributed by atoms with van der Waals surface area (Å²) in [7, 11) is 1.27. The van der Waals surface area contributed by atoms with E-state index in [0.29, 0.717) is 24.8 Å². The Kier molecular flexibility index (Phi) is 6.79. The molecule has 0 aromatic carbocycles. The second-order valence-corrected chi connectivity index (χ2v) is 5.52. The van der Waals surface area contributed by atoms with Crippen LogP contribution in [-0.2, 0) is 14.3 Å². The van der Waals surface area contributed by atoms with Crippen molar-refractivity contribution in [1.29, 1.82) is 0 Å². The third-order valence-corrected chi connectivity index (χ3v) is 4.01. The number of ether oxygens (including phenoxy) is 1. The van der Waals surface area contributed by atoms with Crippen molar-refractivity contribution in [2.75, 3.05) is 7.11 Å². The number of rotatable bonds is 5. The van der Waals surface area contributed by atoms with Gasteiger partial charge in [0.05, 0.1) is 7.11 Å². The summed E-state index contributed by atoms with van der Waals surface area (Å²) in [5, 5.41) is 0. The molecule has 0 aliphatic heterocycles. The van der Waals surface area contributed by atoms with E-state index in [-0.39, 0.29) is 18.1 Å². The van der Waals surface area contributed by atoms with E-state index in [1.54, 1.807) is 13.0 Å². The van der Waals surface area contributed by atoms with Crippen LogP contribution in [0.1, 0.15) is 32.6 Å². The maximum Gasteiger partial charge on any atom is 0.415 e. The number of hydrogen-bond donors (Lipinski definition) is 0. The lowest BCUT2D eigenvalue weighted by Crippen LogP contribution is -2.31. The van der Waals surface area contributed by atoms with Crippen molar-refractivity contribution in [3.05, 3.63) is 36.0 Å². The average molecular weight is 330 g/mol. The van der Waals surface area contributed by atoms with Gasteiger partial charge in [0.25, 0.3) is 0 Å². The molecule has 1 aliphatic carbocycles. The Morgan fingerprint density at radius 1 is 1.39 bits per heavy atom. The number of esters is 1. The molecule has 1 unspecified atom stereocenters. The summed E-state index contributed by atoms with van der Waals surface area (Å²) >= 11 is 0. The van der Waals surface area contributed by atoms with Crippen molar-refractivity contribution in [2.45, 2.75) is 38.8 Å². The van der Waals surface area contributed by atoms with Crippen molar-refractivity contribution in [2.24, 2.45) is 11.8 Å². The minimum atomic E-state index is -4.50. The number of Topliss-reactive ketones (excluding diaryl/α,β-unsaturated/α-hetero) is 1. The molecule has 1 aliphatic rings. The minimum absolute atomic E-state index is 0.0551. The monoisotopic (exact) mass is 330 g/mol. The van der Waals surface area contributed by atoms with Gasteiger partial charge >= 0.3 is 12.1 Å². The van der Waals surface area contributed by atoms with Crippen molar-refractivity contribution in [1.82, 2.24) is 0 Å². The number of ketones is 1. The molecule has 23 heavy (non-hydrogen) atoms. The summed E-state index contributed by atoms with van der Waals surface area (Å²) in [6, 6.07) is 0. The largest absolute Gasteiger partial charge is 0.469 e. The average Bonchev–Trinajstić information content (AvgIpc) is 2.48. The Morgan fingerprint density at radius 2 is 2.04 bits per heavy atom. The van der Waals surface area contributed by atoms with Crippen LogP contribution in [0, 0.1) is 11.8 Å². The van der Waals surface area contributed by atoms with Gasteiger partial charge in [0.1, 0.15) is 5.78 Å². The van der Waals surface area contributed by atoms with E-state index in [4.69, 9.17) is 0 Å². The van der Waals surface area contributed by atoms with Crippen LogP contribution in [0.15, 0.2) is 36.0 Å². The first kappa shape index (κ1) is 19.2.